The zero-order chi connectivity index (χ0) is 26.6. The predicted octanol–water partition coefficient (Wildman–Crippen LogP) is 3.69. The summed E-state index contributed by atoms with van der Waals surface area (Å²) in [7, 11) is 0. The maximum atomic E-state index is 13.0. The number of benzene rings is 3. The maximum absolute atomic E-state index is 13.0. The van der Waals surface area contributed by atoms with Crippen LogP contribution in [0.3, 0.4) is 0 Å². The number of carbonyl (C=O) groups is 2. The SMILES string of the molecule is O=C(Cc1ccc2c(cnn2-c2ccc(CC(=O)N3CCOCC3)cc2)c1)c1ccc(N2CCOCC2)cc1. The molecule has 0 unspecified atom stereocenters. The minimum atomic E-state index is 0.0949. The number of morpholine rings is 2. The summed E-state index contributed by atoms with van der Waals surface area (Å²) >= 11 is 0. The van der Waals surface area contributed by atoms with E-state index in [1.54, 1.807) is 0 Å². The van der Waals surface area contributed by atoms with E-state index in [-0.39, 0.29) is 11.7 Å². The first kappa shape index (κ1) is 25.3. The number of carbonyl (C=O) groups excluding carboxylic acids is 2. The van der Waals surface area contributed by atoms with Crippen LogP contribution < -0.4 is 4.90 Å². The summed E-state index contributed by atoms with van der Waals surface area (Å²) < 4.78 is 12.6. The van der Waals surface area contributed by atoms with Crippen LogP contribution >= 0.6 is 0 Å². The fraction of sp³-hybridized carbons (Fsp3) is 0.323. The second-order valence-corrected chi connectivity index (χ2v) is 10.0. The molecule has 6 rings (SSSR count). The molecule has 39 heavy (non-hydrogen) atoms. The standard InChI is InChI=1S/C31H32N4O4/c36-30(25-4-8-27(9-5-25)33-11-15-38-16-12-33)20-24-3-10-29-26(19-24)22-32-35(29)28-6-1-23(2-7-28)21-31(37)34-13-17-39-18-14-34/h1-10,19,22H,11-18,20-21H2. The molecule has 1 amide bonds. The van der Waals surface area contributed by atoms with Crippen LogP contribution in [0.1, 0.15) is 21.5 Å². The Bertz CT molecular complexity index is 1450. The van der Waals surface area contributed by atoms with Gasteiger partial charge >= 0.3 is 0 Å². The largest absolute Gasteiger partial charge is 0.378 e. The summed E-state index contributed by atoms with van der Waals surface area (Å²) in [4.78, 5) is 29.7. The van der Waals surface area contributed by atoms with Crippen LogP contribution in [0.4, 0.5) is 5.69 Å². The van der Waals surface area contributed by atoms with E-state index in [0.717, 1.165) is 65.3 Å². The Morgan fingerprint density at radius 2 is 1.36 bits per heavy atom. The Morgan fingerprint density at radius 1 is 0.718 bits per heavy atom. The Balaban J connectivity index is 1.11. The van der Waals surface area contributed by atoms with Gasteiger partial charge in [0.1, 0.15) is 0 Å². The minimum Gasteiger partial charge on any atom is -0.378 e. The first-order valence-electron chi connectivity index (χ1n) is 13.5. The molecular formula is C31H32N4O4. The van der Waals surface area contributed by atoms with E-state index in [1.165, 1.54) is 0 Å². The third kappa shape index (κ3) is 5.72. The highest BCUT2D eigenvalue weighted by molar-refractivity contribution is 5.98. The van der Waals surface area contributed by atoms with E-state index < -0.39 is 0 Å². The number of ketones is 1. The molecule has 2 aliphatic heterocycles. The average molecular weight is 525 g/mol. The molecule has 3 heterocycles. The fourth-order valence-corrected chi connectivity index (χ4v) is 5.22. The van der Waals surface area contributed by atoms with Crippen molar-refractivity contribution in [2.24, 2.45) is 0 Å². The lowest BCUT2D eigenvalue weighted by molar-refractivity contribution is -0.134. The van der Waals surface area contributed by atoms with Gasteiger partial charge in [0.05, 0.1) is 50.2 Å². The zero-order valence-corrected chi connectivity index (χ0v) is 21.9. The molecule has 8 nitrogen and oxygen atoms in total. The topological polar surface area (TPSA) is 76.9 Å². The van der Waals surface area contributed by atoms with Gasteiger partial charge in [-0.05, 0) is 59.7 Å². The van der Waals surface area contributed by atoms with Gasteiger partial charge in [-0.15, -0.1) is 0 Å². The van der Waals surface area contributed by atoms with E-state index in [4.69, 9.17) is 9.47 Å². The van der Waals surface area contributed by atoms with Crippen molar-refractivity contribution in [3.05, 3.63) is 89.6 Å². The molecule has 0 bridgehead atoms. The van der Waals surface area contributed by atoms with Crippen molar-refractivity contribution in [1.82, 2.24) is 14.7 Å². The molecule has 4 aromatic rings. The fourth-order valence-electron chi connectivity index (χ4n) is 5.22. The number of Topliss-reactive ketones (excluding diaryl/α,β-unsaturated/α-hetero) is 1. The van der Waals surface area contributed by atoms with Crippen molar-refractivity contribution < 1.29 is 19.1 Å². The lowest BCUT2D eigenvalue weighted by atomic mass is 10.0. The van der Waals surface area contributed by atoms with E-state index in [2.05, 4.69) is 10.00 Å². The van der Waals surface area contributed by atoms with Crippen molar-refractivity contribution >= 4 is 28.3 Å². The summed E-state index contributed by atoms with van der Waals surface area (Å²) in [5, 5.41) is 5.57. The number of fused-ring (bicyclic) bond motifs is 1. The van der Waals surface area contributed by atoms with Gasteiger partial charge in [0.2, 0.25) is 5.91 Å². The van der Waals surface area contributed by atoms with E-state index >= 15 is 0 Å². The quantitative estimate of drug-likeness (QED) is 0.343. The van der Waals surface area contributed by atoms with E-state index in [0.29, 0.717) is 39.1 Å². The van der Waals surface area contributed by atoms with Gasteiger partial charge < -0.3 is 19.3 Å². The van der Waals surface area contributed by atoms with Crippen LogP contribution in [0.5, 0.6) is 0 Å². The lowest BCUT2D eigenvalue weighted by Crippen LogP contribution is -2.41. The zero-order valence-electron chi connectivity index (χ0n) is 21.9. The second-order valence-electron chi connectivity index (χ2n) is 10.0. The average Bonchev–Trinajstić information content (AvgIpc) is 3.42. The van der Waals surface area contributed by atoms with Crippen molar-refractivity contribution in [2.75, 3.05) is 57.5 Å². The normalized spacial score (nSPS) is 16.0. The summed E-state index contributed by atoms with van der Waals surface area (Å²) in [6.07, 6.45) is 2.55. The van der Waals surface area contributed by atoms with Gasteiger partial charge in [-0.25, -0.2) is 4.68 Å². The molecule has 1 aromatic heterocycles. The maximum Gasteiger partial charge on any atom is 0.227 e. The molecule has 2 saturated heterocycles. The molecule has 0 N–H and O–H groups in total. The van der Waals surface area contributed by atoms with Crippen LogP contribution in [-0.4, -0.2) is 79.0 Å². The number of hydrogen-bond donors (Lipinski definition) is 0. The first-order chi connectivity index (χ1) is 19.1. The number of aromatic nitrogens is 2. The third-order valence-corrected chi connectivity index (χ3v) is 7.46. The van der Waals surface area contributed by atoms with Crippen molar-refractivity contribution in [3.8, 4) is 5.69 Å². The van der Waals surface area contributed by atoms with Gasteiger partial charge in [-0.3, -0.25) is 9.59 Å². The van der Waals surface area contributed by atoms with Crippen LogP contribution in [0.25, 0.3) is 16.6 Å². The monoisotopic (exact) mass is 524 g/mol. The molecule has 0 saturated carbocycles. The predicted molar refractivity (Wildman–Crippen MR) is 150 cm³/mol. The van der Waals surface area contributed by atoms with Gasteiger partial charge in [0.25, 0.3) is 0 Å². The molecule has 8 heteroatoms. The minimum absolute atomic E-state index is 0.0949. The van der Waals surface area contributed by atoms with Crippen LogP contribution in [0, 0.1) is 0 Å². The summed E-state index contributed by atoms with van der Waals surface area (Å²) in [6.45, 7) is 5.75. The van der Waals surface area contributed by atoms with Gasteiger partial charge in [0, 0.05) is 49.2 Å². The van der Waals surface area contributed by atoms with E-state index in [1.807, 2.05) is 82.5 Å². The van der Waals surface area contributed by atoms with Gasteiger partial charge in [-0.1, -0.05) is 18.2 Å². The van der Waals surface area contributed by atoms with Crippen molar-refractivity contribution in [3.63, 3.8) is 0 Å². The molecule has 2 fully saturated rings. The summed E-state index contributed by atoms with van der Waals surface area (Å²) in [5.41, 5.74) is 5.68. The number of amides is 1. The number of hydrogen-bond acceptors (Lipinski definition) is 6. The molecule has 0 spiro atoms. The Morgan fingerprint density at radius 3 is 2.08 bits per heavy atom. The molecular weight excluding hydrogens is 492 g/mol. The summed E-state index contributed by atoms with van der Waals surface area (Å²) in [5.74, 6) is 0.225. The number of rotatable bonds is 7. The van der Waals surface area contributed by atoms with Crippen LogP contribution in [0.2, 0.25) is 0 Å². The van der Waals surface area contributed by atoms with Crippen LogP contribution in [-0.2, 0) is 27.1 Å². The third-order valence-electron chi connectivity index (χ3n) is 7.46. The Kier molecular flexibility index (Phi) is 7.38. The van der Waals surface area contributed by atoms with Gasteiger partial charge in [-0.2, -0.15) is 5.10 Å². The molecule has 2 aliphatic rings. The van der Waals surface area contributed by atoms with Gasteiger partial charge in [0.15, 0.2) is 5.78 Å². The highest BCUT2D eigenvalue weighted by Crippen LogP contribution is 2.22. The smallest absolute Gasteiger partial charge is 0.227 e. The second kappa shape index (κ2) is 11.4. The number of anilines is 1. The highest BCUT2D eigenvalue weighted by Gasteiger charge is 2.17. The van der Waals surface area contributed by atoms with Crippen molar-refractivity contribution in [2.45, 2.75) is 12.8 Å². The number of nitrogens with zero attached hydrogens (tertiary/aromatic N) is 4. The Hall–Kier alpha value is -4.01. The molecule has 0 radical (unpaired) electrons. The molecule has 3 aromatic carbocycles. The first-order valence-corrected chi connectivity index (χ1v) is 13.5. The molecule has 200 valence electrons. The highest BCUT2D eigenvalue weighted by atomic mass is 16.5. The molecule has 0 atom stereocenters. The summed E-state index contributed by atoms with van der Waals surface area (Å²) in [6, 6.07) is 21.9. The lowest BCUT2D eigenvalue weighted by Gasteiger charge is -2.28. The Labute approximate surface area is 227 Å². The van der Waals surface area contributed by atoms with E-state index in [9.17, 15) is 9.59 Å². The number of ether oxygens (including phenoxy) is 2. The van der Waals surface area contributed by atoms with Crippen molar-refractivity contribution in [1.29, 1.82) is 0 Å². The van der Waals surface area contributed by atoms with Crippen LogP contribution in [0.15, 0.2) is 72.9 Å². The molecule has 0 aliphatic carbocycles.